The molecule has 1 fully saturated rings. The fraction of sp³-hybridized carbons (Fsp3) is 0.647. The molecule has 0 saturated heterocycles. The van der Waals surface area contributed by atoms with E-state index in [2.05, 4.69) is 12.2 Å². The first kappa shape index (κ1) is 15.0. The third-order valence-corrected chi connectivity index (χ3v) is 6.98. The molecule has 0 spiro atoms. The lowest BCUT2D eigenvalue weighted by molar-refractivity contribution is 0.266. The van der Waals surface area contributed by atoms with Crippen molar-refractivity contribution in [1.82, 2.24) is 5.32 Å². The Balaban J connectivity index is 1.73. The number of hydrogen-bond donors (Lipinski definition) is 1. The highest BCUT2D eigenvalue weighted by Crippen LogP contribution is 2.34. The van der Waals surface area contributed by atoms with Gasteiger partial charge in [0.1, 0.15) is 0 Å². The van der Waals surface area contributed by atoms with Crippen LogP contribution < -0.4 is 5.32 Å². The first-order valence-electron chi connectivity index (χ1n) is 8.18. The lowest BCUT2D eigenvalue weighted by atomic mass is 9.84. The van der Waals surface area contributed by atoms with Crippen LogP contribution in [-0.2, 0) is 9.84 Å². The van der Waals surface area contributed by atoms with E-state index in [1.165, 1.54) is 32.1 Å². The first-order chi connectivity index (χ1) is 10.1. The van der Waals surface area contributed by atoms with Crippen LogP contribution in [0.15, 0.2) is 29.2 Å². The zero-order chi connectivity index (χ0) is 14.9. The van der Waals surface area contributed by atoms with Crippen molar-refractivity contribution in [3.05, 3.63) is 29.8 Å². The van der Waals surface area contributed by atoms with Gasteiger partial charge in [-0.15, -0.1) is 0 Å². The molecule has 3 rings (SSSR count). The van der Waals surface area contributed by atoms with Gasteiger partial charge >= 0.3 is 0 Å². The van der Waals surface area contributed by atoms with E-state index in [0.29, 0.717) is 17.4 Å². The van der Waals surface area contributed by atoms with Crippen LogP contribution >= 0.6 is 0 Å². The van der Waals surface area contributed by atoms with Crippen molar-refractivity contribution >= 4 is 9.84 Å². The van der Waals surface area contributed by atoms with Gasteiger partial charge < -0.3 is 5.32 Å². The van der Waals surface area contributed by atoms with Crippen molar-refractivity contribution in [1.29, 1.82) is 0 Å². The molecule has 1 atom stereocenters. The normalized spacial score (nSPS) is 31.6. The van der Waals surface area contributed by atoms with Crippen LogP contribution in [0, 0.1) is 5.92 Å². The second-order valence-electron chi connectivity index (χ2n) is 6.49. The maximum atomic E-state index is 12.2. The molecule has 0 bridgehead atoms. The molecule has 116 valence electrons. The summed E-state index contributed by atoms with van der Waals surface area (Å²) < 4.78 is 24.3. The maximum Gasteiger partial charge on any atom is 0.178 e. The molecule has 2 aliphatic rings. The Bertz CT molecular complexity index is 589. The van der Waals surface area contributed by atoms with Crippen LogP contribution in [0.25, 0.3) is 0 Å². The molecule has 0 radical (unpaired) electrons. The molecule has 1 aromatic rings. The van der Waals surface area contributed by atoms with Gasteiger partial charge in [-0.2, -0.15) is 0 Å². The average Bonchev–Trinajstić information content (AvgIpc) is 2.51. The second-order valence-corrected chi connectivity index (χ2v) is 8.57. The predicted molar refractivity (Wildman–Crippen MR) is 85.0 cm³/mol. The van der Waals surface area contributed by atoms with Gasteiger partial charge in [-0.1, -0.05) is 31.5 Å². The van der Waals surface area contributed by atoms with E-state index < -0.39 is 9.84 Å². The quantitative estimate of drug-likeness (QED) is 0.930. The highest BCUT2D eigenvalue weighted by Gasteiger charge is 2.31. The SMILES string of the molecule is CCC1CCC(NC2CCS(=O)(=O)c3ccccc32)CC1. The van der Waals surface area contributed by atoms with Crippen LogP contribution in [0.5, 0.6) is 0 Å². The summed E-state index contributed by atoms with van der Waals surface area (Å²) in [5.41, 5.74) is 0.973. The van der Waals surface area contributed by atoms with Crippen molar-refractivity contribution in [3.63, 3.8) is 0 Å². The molecule has 0 aromatic heterocycles. The number of sulfone groups is 1. The molecule has 1 N–H and O–H groups in total. The topological polar surface area (TPSA) is 46.2 Å². The predicted octanol–water partition coefficient (Wildman–Crippen LogP) is 3.46. The number of nitrogens with one attached hydrogen (secondary N) is 1. The molecular formula is C17H25NO2S. The smallest absolute Gasteiger partial charge is 0.178 e. The van der Waals surface area contributed by atoms with E-state index in [4.69, 9.17) is 0 Å². The zero-order valence-electron chi connectivity index (χ0n) is 12.7. The lowest BCUT2D eigenvalue weighted by Gasteiger charge is -2.34. The third-order valence-electron chi connectivity index (χ3n) is 5.17. The van der Waals surface area contributed by atoms with Gasteiger partial charge in [-0.3, -0.25) is 0 Å². The molecule has 1 unspecified atom stereocenters. The van der Waals surface area contributed by atoms with Gasteiger partial charge in [0, 0.05) is 12.1 Å². The van der Waals surface area contributed by atoms with Crippen LogP contribution in [0.3, 0.4) is 0 Å². The van der Waals surface area contributed by atoms with Gasteiger partial charge in [0.15, 0.2) is 9.84 Å². The Hall–Kier alpha value is -0.870. The number of benzene rings is 1. The second kappa shape index (κ2) is 6.09. The Morgan fingerprint density at radius 1 is 1.10 bits per heavy atom. The molecule has 1 heterocycles. The summed E-state index contributed by atoms with van der Waals surface area (Å²) >= 11 is 0. The highest BCUT2D eigenvalue weighted by atomic mass is 32.2. The van der Waals surface area contributed by atoms with Gasteiger partial charge in [-0.25, -0.2) is 8.42 Å². The fourth-order valence-electron chi connectivity index (χ4n) is 3.79. The Kier molecular flexibility index (Phi) is 4.36. The molecule has 21 heavy (non-hydrogen) atoms. The van der Waals surface area contributed by atoms with Gasteiger partial charge in [0.25, 0.3) is 0 Å². The summed E-state index contributed by atoms with van der Waals surface area (Å²) in [5, 5.41) is 3.73. The first-order valence-corrected chi connectivity index (χ1v) is 9.83. The monoisotopic (exact) mass is 307 g/mol. The van der Waals surface area contributed by atoms with Crippen molar-refractivity contribution in [3.8, 4) is 0 Å². The van der Waals surface area contributed by atoms with Crippen LogP contribution in [-0.4, -0.2) is 20.2 Å². The number of fused-ring (bicyclic) bond motifs is 1. The molecule has 4 heteroatoms. The summed E-state index contributed by atoms with van der Waals surface area (Å²) in [4.78, 5) is 0.538. The van der Waals surface area contributed by atoms with E-state index in [-0.39, 0.29) is 11.8 Å². The minimum absolute atomic E-state index is 0.202. The Morgan fingerprint density at radius 3 is 2.52 bits per heavy atom. The van der Waals surface area contributed by atoms with Gasteiger partial charge in [0.05, 0.1) is 10.6 Å². The number of hydrogen-bond acceptors (Lipinski definition) is 3. The fourth-order valence-corrected chi connectivity index (χ4v) is 5.41. The van der Waals surface area contributed by atoms with Crippen LogP contribution in [0.4, 0.5) is 0 Å². The van der Waals surface area contributed by atoms with Crippen molar-refractivity contribution in [2.45, 2.75) is 62.4 Å². The molecule has 1 aromatic carbocycles. The Labute approximate surface area is 128 Å². The minimum atomic E-state index is -3.07. The molecule has 3 nitrogen and oxygen atoms in total. The average molecular weight is 307 g/mol. The molecule has 0 amide bonds. The molecular weight excluding hydrogens is 282 g/mol. The molecule has 1 aliphatic heterocycles. The van der Waals surface area contributed by atoms with E-state index >= 15 is 0 Å². The summed E-state index contributed by atoms with van der Waals surface area (Å²) in [6.45, 7) is 2.28. The van der Waals surface area contributed by atoms with Crippen molar-refractivity contribution < 1.29 is 8.42 Å². The minimum Gasteiger partial charge on any atom is -0.307 e. The third kappa shape index (κ3) is 3.16. The Morgan fingerprint density at radius 2 is 1.81 bits per heavy atom. The van der Waals surface area contributed by atoms with Gasteiger partial charge in [0.2, 0.25) is 0 Å². The lowest BCUT2D eigenvalue weighted by Crippen LogP contribution is -2.38. The standard InChI is InChI=1S/C17H25NO2S/c1-2-13-7-9-14(10-8-13)18-16-11-12-21(19,20)17-6-4-3-5-15(16)17/h3-6,13-14,16,18H,2,7-12H2,1H3. The molecule has 1 saturated carbocycles. The van der Waals surface area contributed by atoms with E-state index in [9.17, 15) is 8.42 Å². The summed E-state index contributed by atoms with van der Waals surface area (Å²) in [6, 6.07) is 8.25. The van der Waals surface area contributed by atoms with E-state index in [1.54, 1.807) is 6.07 Å². The van der Waals surface area contributed by atoms with Crippen molar-refractivity contribution in [2.75, 3.05) is 5.75 Å². The van der Waals surface area contributed by atoms with E-state index in [0.717, 1.165) is 11.5 Å². The highest BCUT2D eigenvalue weighted by molar-refractivity contribution is 7.91. The van der Waals surface area contributed by atoms with E-state index in [1.807, 2.05) is 18.2 Å². The largest absolute Gasteiger partial charge is 0.307 e. The summed E-state index contributed by atoms with van der Waals surface area (Å²) in [6.07, 6.45) is 7.06. The maximum absolute atomic E-state index is 12.2. The number of rotatable bonds is 3. The van der Waals surface area contributed by atoms with Crippen molar-refractivity contribution in [2.24, 2.45) is 5.92 Å². The van der Waals surface area contributed by atoms with Gasteiger partial charge in [-0.05, 0) is 49.7 Å². The zero-order valence-corrected chi connectivity index (χ0v) is 13.5. The summed E-state index contributed by atoms with van der Waals surface area (Å²) in [5.74, 6) is 1.16. The van der Waals surface area contributed by atoms with Crippen LogP contribution in [0.1, 0.15) is 57.1 Å². The molecule has 1 aliphatic carbocycles. The van der Waals surface area contributed by atoms with Crippen LogP contribution in [0.2, 0.25) is 0 Å². The summed E-state index contributed by atoms with van der Waals surface area (Å²) in [7, 11) is -3.07.